The number of benzene rings is 1. The third-order valence-corrected chi connectivity index (χ3v) is 7.59. The summed E-state index contributed by atoms with van der Waals surface area (Å²) in [6.07, 6.45) is 4.01. The summed E-state index contributed by atoms with van der Waals surface area (Å²) < 4.78 is 16.6. The first kappa shape index (κ1) is 27.3. The predicted molar refractivity (Wildman–Crippen MR) is 153 cm³/mol. The van der Waals surface area contributed by atoms with Gasteiger partial charge in [0.1, 0.15) is 23.1 Å². The molecule has 1 amide bonds. The highest BCUT2D eigenvalue weighted by Crippen LogP contribution is 2.46. The number of pyridine rings is 2. The number of hydrogen-bond acceptors (Lipinski definition) is 9. The first-order valence-electron chi connectivity index (χ1n) is 12.6. The number of ether oxygens (including phenoxy) is 3. The minimum Gasteiger partial charge on any atom is -0.495 e. The fourth-order valence-corrected chi connectivity index (χ4v) is 5.52. The second-order valence-electron chi connectivity index (χ2n) is 9.29. The van der Waals surface area contributed by atoms with Gasteiger partial charge in [-0.15, -0.1) is 0 Å². The molecule has 0 radical (unpaired) electrons. The molecule has 3 N–H and O–H groups in total. The molecular formula is C27H30Cl2N6O4. The Morgan fingerprint density at radius 3 is 2.59 bits per heavy atom. The molecule has 0 saturated carbocycles. The molecule has 2 saturated heterocycles. The lowest BCUT2D eigenvalue weighted by atomic mass is 10.1. The van der Waals surface area contributed by atoms with Crippen LogP contribution in [0.3, 0.4) is 0 Å². The lowest BCUT2D eigenvalue weighted by molar-refractivity contribution is -0.117. The van der Waals surface area contributed by atoms with Crippen LogP contribution in [-0.4, -0.2) is 75.2 Å². The molecule has 39 heavy (non-hydrogen) atoms. The maximum Gasteiger partial charge on any atom is 0.243 e. The van der Waals surface area contributed by atoms with Crippen molar-refractivity contribution in [2.24, 2.45) is 0 Å². The standard InChI is InChI=1S/C27H30Cl2N6O4/c1-4-23(36)33-19-13-39-12-18(19)32-22-9-16-15(11-31-22)8-17(34-27(16)35-7-5-6-30-14-35)24-25(28)20(37-2)10-21(38-3)26(24)29/h4,8-11,18-19,30H,1,5-7,12-14H2,2-3H3,(H,31,32)(H,33,36)/t18-,19+/m1/s1. The van der Waals surface area contributed by atoms with E-state index in [2.05, 4.69) is 32.4 Å². The molecule has 2 aromatic heterocycles. The fourth-order valence-electron chi connectivity index (χ4n) is 4.83. The van der Waals surface area contributed by atoms with Crippen LogP contribution < -0.4 is 30.3 Å². The molecule has 0 aliphatic carbocycles. The summed E-state index contributed by atoms with van der Waals surface area (Å²) in [5.74, 6) is 2.05. The van der Waals surface area contributed by atoms with Gasteiger partial charge in [0.25, 0.3) is 0 Å². The topological polar surface area (TPSA) is 110 Å². The van der Waals surface area contributed by atoms with Crippen LogP contribution in [0.5, 0.6) is 11.5 Å². The van der Waals surface area contributed by atoms with Gasteiger partial charge in [-0.1, -0.05) is 29.8 Å². The molecule has 0 unspecified atom stereocenters. The molecule has 206 valence electrons. The van der Waals surface area contributed by atoms with E-state index in [1.165, 1.54) is 20.3 Å². The zero-order chi connectivity index (χ0) is 27.5. The molecule has 4 heterocycles. The zero-order valence-corrected chi connectivity index (χ0v) is 23.2. The Morgan fingerprint density at radius 2 is 1.92 bits per heavy atom. The van der Waals surface area contributed by atoms with Crippen LogP contribution in [0.15, 0.2) is 37.1 Å². The Morgan fingerprint density at radius 1 is 1.18 bits per heavy atom. The Labute approximate surface area is 236 Å². The van der Waals surface area contributed by atoms with E-state index < -0.39 is 0 Å². The average Bonchev–Trinajstić information content (AvgIpc) is 3.39. The van der Waals surface area contributed by atoms with Gasteiger partial charge in [-0.3, -0.25) is 10.1 Å². The number of carbonyl (C=O) groups is 1. The van der Waals surface area contributed by atoms with Crippen molar-refractivity contribution in [3.8, 4) is 22.8 Å². The SMILES string of the molecule is C=CC(=O)N[C@H]1COC[C@H]1Nc1cc2c(N3CCCNC3)nc(-c3c(Cl)c(OC)cc(OC)c3Cl)cc2cn1. The van der Waals surface area contributed by atoms with Crippen molar-refractivity contribution in [1.82, 2.24) is 20.6 Å². The lowest BCUT2D eigenvalue weighted by Crippen LogP contribution is -2.45. The average molecular weight is 573 g/mol. The fraction of sp³-hybridized carbons (Fsp3) is 0.370. The Balaban J connectivity index is 1.59. The number of amides is 1. The van der Waals surface area contributed by atoms with E-state index >= 15 is 0 Å². The van der Waals surface area contributed by atoms with E-state index in [1.54, 1.807) is 12.3 Å². The van der Waals surface area contributed by atoms with E-state index in [1.807, 2.05) is 12.1 Å². The first-order chi connectivity index (χ1) is 18.9. The van der Waals surface area contributed by atoms with Crippen LogP contribution in [-0.2, 0) is 9.53 Å². The monoisotopic (exact) mass is 572 g/mol. The number of fused-ring (bicyclic) bond motifs is 1. The van der Waals surface area contributed by atoms with Gasteiger partial charge < -0.3 is 29.7 Å². The summed E-state index contributed by atoms with van der Waals surface area (Å²) in [7, 11) is 3.08. The number of carbonyl (C=O) groups excluding carboxylic acids is 1. The largest absolute Gasteiger partial charge is 0.495 e. The molecular weight excluding hydrogens is 543 g/mol. The quantitative estimate of drug-likeness (QED) is 0.346. The summed E-state index contributed by atoms with van der Waals surface area (Å²) in [5.41, 5.74) is 1.10. The number of anilines is 2. The van der Waals surface area contributed by atoms with Crippen LogP contribution in [0.1, 0.15) is 6.42 Å². The van der Waals surface area contributed by atoms with Crippen LogP contribution >= 0.6 is 23.2 Å². The molecule has 2 aliphatic heterocycles. The molecule has 2 fully saturated rings. The van der Waals surface area contributed by atoms with Crippen molar-refractivity contribution in [2.45, 2.75) is 18.5 Å². The number of aromatic nitrogens is 2. The number of halogens is 2. The third-order valence-electron chi connectivity index (χ3n) is 6.83. The van der Waals surface area contributed by atoms with Gasteiger partial charge in [0, 0.05) is 35.1 Å². The van der Waals surface area contributed by atoms with E-state index in [0.29, 0.717) is 58.5 Å². The highest BCUT2D eigenvalue weighted by molar-refractivity contribution is 6.41. The third kappa shape index (κ3) is 5.56. The maximum atomic E-state index is 11.9. The summed E-state index contributed by atoms with van der Waals surface area (Å²) in [4.78, 5) is 23.8. The van der Waals surface area contributed by atoms with Crippen molar-refractivity contribution in [3.05, 3.63) is 47.1 Å². The Hall–Kier alpha value is -3.31. The number of rotatable bonds is 8. The van der Waals surface area contributed by atoms with Crippen molar-refractivity contribution in [1.29, 1.82) is 0 Å². The van der Waals surface area contributed by atoms with Gasteiger partial charge in [-0.25, -0.2) is 9.97 Å². The van der Waals surface area contributed by atoms with Gasteiger partial charge in [0.2, 0.25) is 5.91 Å². The lowest BCUT2D eigenvalue weighted by Gasteiger charge is -2.30. The second-order valence-corrected chi connectivity index (χ2v) is 10.0. The number of methoxy groups -OCH3 is 2. The maximum absolute atomic E-state index is 11.9. The van der Waals surface area contributed by atoms with Crippen molar-refractivity contribution >= 4 is 51.5 Å². The molecule has 12 heteroatoms. The van der Waals surface area contributed by atoms with Crippen LogP contribution in [0.4, 0.5) is 11.6 Å². The van der Waals surface area contributed by atoms with Crippen LogP contribution in [0.25, 0.3) is 22.0 Å². The van der Waals surface area contributed by atoms with Gasteiger partial charge in [-0.2, -0.15) is 0 Å². The van der Waals surface area contributed by atoms with Crippen molar-refractivity contribution in [2.75, 3.05) is 57.4 Å². The molecule has 10 nitrogen and oxygen atoms in total. The second kappa shape index (κ2) is 11.8. The van der Waals surface area contributed by atoms with Gasteiger partial charge in [0.05, 0.1) is 61.9 Å². The van der Waals surface area contributed by atoms with Crippen LogP contribution in [0, 0.1) is 0 Å². The summed E-state index contributed by atoms with van der Waals surface area (Å²) in [5, 5.41) is 12.2. The Kier molecular flexibility index (Phi) is 8.27. The minimum atomic E-state index is -0.244. The van der Waals surface area contributed by atoms with E-state index in [0.717, 1.165) is 36.1 Å². The van der Waals surface area contributed by atoms with Crippen molar-refractivity contribution in [3.63, 3.8) is 0 Å². The van der Waals surface area contributed by atoms with Gasteiger partial charge in [0.15, 0.2) is 0 Å². The Bertz CT molecular complexity index is 1370. The molecule has 1 aromatic carbocycles. The predicted octanol–water partition coefficient (Wildman–Crippen LogP) is 3.86. The number of hydrogen-bond donors (Lipinski definition) is 3. The molecule has 2 atom stereocenters. The molecule has 5 rings (SSSR count). The zero-order valence-electron chi connectivity index (χ0n) is 21.7. The van der Waals surface area contributed by atoms with E-state index in [9.17, 15) is 4.79 Å². The first-order valence-corrected chi connectivity index (χ1v) is 13.3. The molecule has 2 aliphatic rings. The van der Waals surface area contributed by atoms with Crippen molar-refractivity contribution < 1.29 is 19.0 Å². The van der Waals surface area contributed by atoms with E-state index in [-0.39, 0.29) is 18.0 Å². The molecule has 0 bridgehead atoms. The summed E-state index contributed by atoms with van der Waals surface area (Å²) >= 11 is 13.5. The highest BCUT2D eigenvalue weighted by Gasteiger charge is 2.30. The normalized spacial score (nSPS) is 19.1. The van der Waals surface area contributed by atoms with Gasteiger partial charge >= 0.3 is 0 Å². The van der Waals surface area contributed by atoms with Crippen LogP contribution in [0.2, 0.25) is 10.0 Å². The number of nitrogens with one attached hydrogen (secondary N) is 3. The molecule has 3 aromatic rings. The smallest absolute Gasteiger partial charge is 0.243 e. The number of nitrogens with zero attached hydrogens (tertiary/aromatic N) is 3. The highest BCUT2D eigenvalue weighted by atomic mass is 35.5. The molecule has 0 spiro atoms. The minimum absolute atomic E-state index is 0.145. The van der Waals surface area contributed by atoms with E-state index in [4.69, 9.17) is 42.4 Å². The summed E-state index contributed by atoms with van der Waals surface area (Å²) in [6.45, 7) is 6.79. The summed E-state index contributed by atoms with van der Waals surface area (Å²) in [6, 6.07) is 5.18. The van der Waals surface area contributed by atoms with Gasteiger partial charge in [-0.05, 0) is 31.2 Å².